The first kappa shape index (κ1) is 8.05. The minimum absolute atomic E-state index is 0.126. The van der Waals surface area contributed by atoms with Gasteiger partial charge in [-0.25, -0.2) is 0 Å². The number of carbonyl (C=O) groups is 1. The molecule has 2 fully saturated rings. The van der Waals surface area contributed by atoms with E-state index >= 15 is 0 Å². The lowest BCUT2D eigenvalue weighted by atomic mass is 9.96. The second kappa shape index (κ2) is 3.05. The van der Waals surface area contributed by atoms with Gasteiger partial charge >= 0.3 is 5.97 Å². The van der Waals surface area contributed by atoms with E-state index in [2.05, 4.69) is 5.32 Å². The van der Waals surface area contributed by atoms with Crippen molar-refractivity contribution in [2.24, 2.45) is 11.8 Å². The molecule has 1 saturated heterocycles. The first-order chi connectivity index (χ1) is 5.77. The molecule has 0 aromatic rings. The number of hydrogen-bond donors (Lipinski definition) is 1. The van der Waals surface area contributed by atoms with Crippen LogP contribution in [0.3, 0.4) is 0 Å². The number of esters is 1. The van der Waals surface area contributed by atoms with E-state index in [1.54, 1.807) is 0 Å². The van der Waals surface area contributed by atoms with Gasteiger partial charge in [0.25, 0.3) is 0 Å². The average Bonchev–Trinajstić information content (AvgIpc) is 2.30. The minimum atomic E-state index is -0.126. The van der Waals surface area contributed by atoms with Crippen LogP contribution in [0.2, 0.25) is 0 Å². The molecular formula is C9H15NO2. The lowest BCUT2D eigenvalue weighted by Gasteiger charge is -2.29. The van der Waals surface area contributed by atoms with Gasteiger partial charge in [0.1, 0.15) is 6.10 Å². The molecule has 1 heterocycles. The smallest absolute Gasteiger partial charge is 0.302 e. The van der Waals surface area contributed by atoms with E-state index in [-0.39, 0.29) is 12.1 Å². The van der Waals surface area contributed by atoms with E-state index in [4.69, 9.17) is 4.74 Å². The molecule has 1 saturated carbocycles. The molecule has 0 aromatic heterocycles. The molecule has 1 aliphatic heterocycles. The number of fused-ring (bicyclic) bond motifs is 2. The Morgan fingerprint density at radius 3 is 2.42 bits per heavy atom. The Bertz CT molecular complexity index is 177. The third-order valence-electron chi connectivity index (χ3n) is 2.95. The van der Waals surface area contributed by atoms with Crippen LogP contribution in [0, 0.1) is 11.8 Å². The van der Waals surface area contributed by atoms with Crippen LogP contribution in [0.25, 0.3) is 0 Å². The van der Waals surface area contributed by atoms with Crippen molar-refractivity contribution in [3.05, 3.63) is 0 Å². The number of nitrogens with one attached hydrogen (secondary N) is 1. The number of piperidine rings is 1. The van der Waals surface area contributed by atoms with Crippen molar-refractivity contribution in [1.29, 1.82) is 0 Å². The van der Waals surface area contributed by atoms with Crippen molar-refractivity contribution in [3.63, 3.8) is 0 Å². The Labute approximate surface area is 72.5 Å². The maximum Gasteiger partial charge on any atom is 0.302 e. The highest BCUT2D eigenvalue weighted by Crippen LogP contribution is 2.35. The third-order valence-corrected chi connectivity index (χ3v) is 2.95. The molecule has 0 amide bonds. The van der Waals surface area contributed by atoms with E-state index in [1.165, 1.54) is 19.8 Å². The summed E-state index contributed by atoms with van der Waals surface area (Å²) in [5.41, 5.74) is 0. The lowest BCUT2D eigenvalue weighted by Crippen LogP contribution is -2.43. The van der Waals surface area contributed by atoms with Crippen molar-refractivity contribution >= 4 is 5.97 Å². The maximum atomic E-state index is 10.8. The molecule has 1 aliphatic carbocycles. The van der Waals surface area contributed by atoms with Gasteiger partial charge in [-0.15, -0.1) is 0 Å². The highest BCUT2D eigenvalue weighted by atomic mass is 16.5. The van der Waals surface area contributed by atoms with E-state index in [1.807, 2.05) is 0 Å². The van der Waals surface area contributed by atoms with Gasteiger partial charge in [-0.1, -0.05) is 0 Å². The van der Waals surface area contributed by atoms with Crippen molar-refractivity contribution in [3.8, 4) is 0 Å². The molecule has 0 radical (unpaired) electrons. The first-order valence-corrected chi connectivity index (χ1v) is 4.65. The molecule has 3 heteroatoms. The SMILES string of the molecule is CC(=O)OC1C2CCC1CNC2. The zero-order chi connectivity index (χ0) is 8.55. The van der Waals surface area contributed by atoms with Crippen LogP contribution in [0.15, 0.2) is 0 Å². The Morgan fingerprint density at radius 2 is 1.92 bits per heavy atom. The predicted molar refractivity (Wildman–Crippen MR) is 44.6 cm³/mol. The van der Waals surface area contributed by atoms with Crippen LogP contribution in [0.5, 0.6) is 0 Å². The van der Waals surface area contributed by atoms with Gasteiger partial charge in [-0.3, -0.25) is 4.79 Å². The number of ether oxygens (including phenoxy) is 1. The molecule has 0 spiro atoms. The maximum absolute atomic E-state index is 10.8. The standard InChI is InChI=1S/C9H15NO2/c1-6(11)12-9-7-2-3-8(9)5-10-4-7/h7-10H,2-5H2,1H3. The van der Waals surface area contributed by atoms with Gasteiger partial charge in [0.15, 0.2) is 0 Å². The van der Waals surface area contributed by atoms with Crippen molar-refractivity contribution < 1.29 is 9.53 Å². The summed E-state index contributed by atoms with van der Waals surface area (Å²) < 4.78 is 5.30. The zero-order valence-corrected chi connectivity index (χ0v) is 7.38. The molecule has 3 nitrogen and oxygen atoms in total. The Kier molecular flexibility index (Phi) is 2.05. The highest BCUT2D eigenvalue weighted by molar-refractivity contribution is 5.66. The quantitative estimate of drug-likeness (QED) is 0.582. The van der Waals surface area contributed by atoms with Gasteiger partial charge in [0.2, 0.25) is 0 Å². The molecule has 2 atom stereocenters. The van der Waals surface area contributed by atoms with Gasteiger partial charge in [-0.2, -0.15) is 0 Å². The summed E-state index contributed by atoms with van der Waals surface area (Å²) in [7, 11) is 0. The Morgan fingerprint density at radius 1 is 1.33 bits per heavy atom. The molecule has 2 aliphatic rings. The summed E-state index contributed by atoms with van der Waals surface area (Å²) in [5, 5.41) is 3.36. The molecule has 1 N–H and O–H groups in total. The topological polar surface area (TPSA) is 38.3 Å². The molecule has 12 heavy (non-hydrogen) atoms. The molecular weight excluding hydrogens is 154 g/mol. The van der Waals surface area contributed by atoms with Crippen LogP contribution in [-0.4, -0.2) is 25.2 Å². The largest absolute Gasteiger partial charge is 0.462 e. The van der Waals surface area contributed by atoms with Crippen LogP contribution in [-0.2, 0) is 9.53 Å². The van der Waals surface area contributed by atoms with Gasteiger partial charge in [0, 0.05) is 31.8 Å². The summed E-state index contributed by atoms with van der Waals surface area (Å²) in [5.74, 6) is 1.03. The second-order valence-electron chi connectivity index (χ2n) is 3.83. The van der Waals surface area contributed by atoms with E-state index in [0.717, 1.165) is 13.1 Å². The number of rotatable bonds is 1. The third kappa shape index (κ3) is 1.33. The molecule has 2 bridgehead atoms. The summed E-state index contributed by atoms with van der Waals surface area (Å²) in [6.07, 6.45) is 2.65. The first-order valence-electron chi connectivity index (χ1n) is 4.65. The fourth-order valence-corrected chi connectivity index (χ4v) is 2.42. The van der Waals surface area contributed by atoms with E-state index in [9.17, 15) is 4.79 Å². The Hall–Kier alpha value is -0.570. The van der Waals surface area contributed by atoms with E-state index in [0.29, 0.717) is 11.8 Å². The van der Waals surface area contributed by atoms with Gasteiger partial charge in [-0.05, 0) is 12.8 Å². The molecule has 0 aromatic carbocycles. The minimum Gasteiger partial charge on any atom is -0.462 e. The zero-order valence-electron chi connectivity index (χ0n) is 7.38. The summed E-state index contributed by atoms with van der Waals surface area (Å²) >= 11 is 0. The predicted octanol–water partition coefficient (Wildman–Crippen LogP) is 0.547. The van der Waals surface area contributed by atoms with Crippen LogP contribution >= 0.6 is 0 Å². The van der Waals surface area contributed by atoms with Crippen LogP contribution in [0.1, 0.15) is 19.8 Å². The molecule has 2 unspecified atom stereocenters. The fourth-order valence-electron chi connectivity index (χ4n) is 2.42. The summed E-state index contributed by atoms with van der Waals surface area (Å²) in [6, 6.07) is 0. The number of carbonyl (C=O) groups excluding carboxylic acids is 1. The van der Waals surface area contributed by atoms with Crippen molar-refractivity contribution in [2.45, 2.75) is 25.9 Å². The highest BCUT2D eigenvalue weighted by Gasteiger charge is 2.40. The van der Waals surface area contributed by atoms with Crippen molar-refractivity contribution in [1.82, 2.24) is 5.32 Å². The van der Waals surface area contributed by atoms with Crippen molar-refractivity contribution in [2.75, 3.05) is 13.1 Å². The number of hydrogen-bond acceptors (Lipinski definition) is 3. The van der Waals surface area contributed by atoms with Gasteiger partial charge in [0.05, 0.1) is 0 Å². The fraction of sp³-hybridized carbons (Fsp3) is 0.889. The average molecular weight is 169 g/mol. The summed E-state index contributed by atoms with van der Waals surface area (Å²) in [6.45, 7) is 3.55. The monoisotopic (exact) mass is 169 g/mol. The van der Waals surface area contributed by atoms with E-state index < -0.39 is 0 Å². The van der Waals surface area contributed by atoms with Gasteiger partial charge < -0.3 is 10.1 Å². The second-order valence-corrected chi connectivity index (χ2v) is 3.83. The Balaban J connectivity index is 2.00. The normalized spacial score (nSPS) is 39.6. The van der Waals surface area contributed by atoms with Crippen LogP contribution < -0.4 is 5.32 Å². The van der Waals surface area contributed by atoms with Crippen LogP contribution in [0.4, 0.5) is 0 Å². The summed E-state index contributed by atoms with van der Waals surface area (Å²) in [4.78, 5) is 10.8. The molecule has 68 valence electrons. The lowest BCUT2D eigenvalue weighted by molar-refractivity contribution is -0.151. The molecule has 2 rings (SSSR count).